The maximum Gasteiger partial charge on any atom is 0.252 e. The van der Waals surface area contributed by atoms with Crippen molar-refractivity contribution in [2.45, 2.75) is 19.8 Å². The number of amides is 1. The number of fused-ring (bicyclic) bond motifs is 1. The van der Waals surface area contributed by atoms with E-state index in [1.54, 1.807) is 4.52 Å². The van der Waals surface area contributed by atoms with Crippen molar-refractivity contribution in [1.29, 1.82) is 0 Å². The molecule has 0 spiro atoms. The summed E-state index contributed by atoms with van der Waals surface area (Å²) in [5.41, 5.74) is 3.05. The van der Waals surface area contributed by atoms with E-state index in [1.165, 1.54) is 12.1 Å². The lowest BCUT2D eigenvalue weighted by atomic mass is 10.2. The van der Waals surface area contributed by atoms with Gasteiger partial charge in [-0.05, 0) is 43.5 Å². The zero-order chi connectivity index (χ0) is 17.1. The lowest BCUT2D eigenvalue weighted by Crippen LogP contribution is -2.25. The highest BCUT2D eigenvalue weighted by molar-refractivity contribution is 6.33. The average Bonchev–Trinajstić information content (AvgIpc) is 2.90. The number of nitrogens with one attached hydrogen (secondary N) is 1. The number of carbonyl (C=O) groups is 1. The maximum absolute atomic E-state index is 13.0. The molecule has 1 amide bonds. The molecular formula is C17H16ClFN4O. The van der Waals surface area contributed by atoms with E-state index < -0.39 is 5.82 Å². The molecule has 3 aromatic rings. The number of hydrogen-bond acceptors (Lipinski definition) is 3. The second-order valence-electron chi connectivity index (χ2n) is 5.53. The van der Waals surface area contributed by atoms with Crippen LogP contribution in [0.1, 0.15) is 28.0 Å². The molecule has 0 saturated carbocycles. The number of halogens is 2. The van der Waals surface area contributed by atoms with Crippen molar-refractivity contribution in [3.8, 4) is 0 Å². The second kappa shape index (κ2) is 6.97. The smallest absolute Gasteiger partial charge is 0.252 e. The molecule has 0 bridgehead atoms. The molecule has 124 valence electrons. The molecule has 0 aliphatic rings. The van der Waals surface area contributed by atoms with E-state index in [4.69, 9.17) is 11.6 Å². The van der Waals surface area contributed by atoms with Crippen LogP contribution >= 0.6 is 11.6 Å². The molecule has 0 fully saturated rings. The fourth-order valence-corrected chi connectivity index (χ4v) is 2.68. The molecule has 0 aliphatic carbocycles. The first-order chi connectivity index (χ1) is 11.5. The Bertz CT molecular complexity index is 893. The van der Waals surface area contributed by atoms with Crippen LogP contribution in [0.15, 0.2) is 36.7 Å². The molecule has 5 nitrogen and oxygen atoms in total. The molecular weight excluding hydrogens is 331 g/mol. The van der Waals surface area contributed by atoms with Crippen LogP contribution in [-0.2, 0) is 6.42 Å². The Balaban J connectivity index is 1.53. The lowest BCUT2D eigenvalue weighted by molar-refractivity contribution is 0.0953. The van der Waals surface area contributed by atoms with Crippen molar-refractivity contribution >= 4 is 23.2 Å². The number of hydrogen-bond donors (Lipinski definition) is 1. The van der Waals surface area contributed by atoms with Crippen molar-refractivity contribution in [3.63, 3.8) is 0 Å². The van der Waals surface area contributed by atoms with Crippen molar-refractivity contribution in [2.75, 3.05) is 6.54 Å². The highest BCUT2D eigenvalue weighted by Gasteiger charge is 2.10. The van der Waals surface area contributed by atoms with Crippen LogP contribution in [0.2, 0.25) is 5.02 Å². The standard InChI is InChI=1S/C17H16ClFN4O/c1-11-7-16-21-9-12(10-23(16)22-11)3-2-6-20-17(24)14-5-4-13(19)8-15(14)18/h4-5,7-10H,2-3,6H2,1H3,(H,20,24). The first-order valence-corrected chi connectivity index (χ1v) is 7.95. The largest absolute Gasteiger partial charge is 0.352 e. The molecule has 0 atom stereocenters. The van der Waals surface area contributed by atoms with Gasteiger partial charge in [-0.3, -0.25) is 4.79 Å². The third kappa shape index (κ3) is 3.71. The molecule has 1 N–H and O–H groups in total. The first-order valence-electron chi connectivity index (χ1n) is 7.57. The van der Waals surface area contributed by atoms with Gasteiger partial charge in [0.25, 0.3) is 5.91 Å². The minimum atomic E-state index is -0.465. The Morgan fingerprint density at radius 1 is 1.38 bits per heavy atom. The highest BCUT2D eigenvalue weighted by Crippen LogP contribution is 2.17. The number of nitrogens with zero attached hydrogens (tertiary/aromatic N) is 3. The molecule has 0 saturated heterocycles. The fourth-order valence-electron chi connectivity index (χ4n) is 2.43. The van der Waals surface area contributed by atoms with Crippen molar-refractivity contribution in [3.05, 3.63) is 64.3 Å². The Kier molecular flexibility index (Phi) is 4.76. The number of rotatable bonds is 5. The maximum atomic E-state index is 13.0. The average molecular weight is 347 g/mol. The van der Waals surface area contributed by atoms with Gasteiger partial charge in [0.2, 0.25) is 0 Å². The monoisotopic (exact) mass is 346 g/mol. The summed E-state index contributed by atoms with van der Waals surface area (Å²) in [7, 11) is 0. The van der Waals surface area contributed by atoms with Gasteiger partial charge in [0.05, 0.1) is 16.3 Å². The summed E-state index contributed by atoms with van der Waals surface area (Å²) in [6.45, 7) is 2.41. The molecule has 1 aromatic carbocycles. The summed E-state index contributed by atoms with van der Waals surface area (Å²) in [5.74, 6) is -0.774. The van der Waals surface area contributed by atoms with Crippen molar-refractivity contribution in [1.82, 2.24) is 19.9 Å². The fraction of sp³-hybridized carbons (Fsp3) is 0.235. The molecule has 2 aromatic heterocycles. The first kappa shape index (κ1) is 16.4. The normalized spacial score (nSPS) is 11.0. The van der Waals surface area contributed by atoms with Gasteiger partial charge in [-0.1, -0.05) is 11.6 Å². The number of benzene rings is 1. The van der Waals surface area contributed by atoms with E-state index in [9.17, 15) is 9.18 Å². The van der Waals surface area contributed by atoms with E-state index in [1.807, 2.05) is 25.4 Å². The van der Waals surface area contributed by atoms with Gasteiger partial charge in [-0.15, -0.1) is 0 Å². The predicted octanol–water partition coefficient (Wildman–Crippen LogP) is 3.19. The SMILES string of the molecule is Cc1cc2ncc(CCCNC(=O)c3ccc(F)cc3Cl)cn2n1. The van der Waals surface area contributed by atoms with Crippen molar-refractivity contribution in [2.24, 2.45) is 0 Å². The summed E-state index contributed by atoms with van der Waals surface area (Å²) in [6.07, 6.45) is 5.26. The zero-order valence-corrected chi connectivity index (χ0v) is 13.8. The minimum absolute atomic E-state index is 0.108. The summed E-state index contributed by atoms with van der Waals surface area (Å²) < 4.78 is 14.7. The van der Waals surface area contributed by atoms with Gasteiger partial charge >= 0.3 is 0 Å². The van der Waals surface area contributed by atoms with E-state index in [-0.39, 0.29) is 16.5 Å². The molecule has 0 unspecified atom stereocenters. The van der Waals surface area contributed by atoms with E-state index >= 15 is 0 Å². The van der Waals surface area contributed by atoms with Gasteiger partial charge < -0.3 is 5.32 Å². The summed E-state index contributed by atoms with van der Waals surface area (Å²) >= 11 is 5.87. The molecule has 2 heterocycles. The zero-order valence-electron chi connectivity index (χ0n) is 13.1. The Labute approximate surface area is 143 Å². The topological polar surface area (TPSA) is 59.3 Å². The highest BCUT2D eigenvalue weighted by atomic mass is 35.5. The van der Waals surface area contributed by atoms with Crippen LogP contribution in [0.3, 0.4) is 0 Å². The summed E-state index contributed by atoms with van der Waals surface area (Å²) in [6, 6.07) is 5.64. The molecule has 0 aliphatic heterocycles. The molecule has 24 heavy (non-hydrogen) atoms. The van der Waals surface area contributed by atoms with E-state index in [0.29, 0.717) is 6.54 Å². The minimum Gasteiger partial charge on any atom is -0.352 e. The molecule has 7 heteroatoms. The van der Waals surface area contributed by atoms with Crippen LogP contribution in [0.5, 0.6) is 0 Å². The molecule has 3 rings (SSSR count). The van der Waals surface area contributed by atoms with Gasteiger partial charge in [0.15, 0.2) is 5.65 Å². The number of aromatic nitrogens is 3. The molecule has 0 radical (unpaired) electrons. The second-order valence-corrected chi connectivity index (χ2v) is 5.94. The van der Waals surface area contributed by atoms with Crippen LogP contribution in [-0.4, -0.2) is 27.0 Å². The van der Waals surface area contributed by atoms with Crippen LogP contribution < -0.4 is 5.32 Å². The van der Waals surface area contributed by atoms with Crippen LogP contribution in [0, 0.1) is 12.7 Å². The van der Waals surface area contributed by atoms with Gasteiger partial charge in [-0.2, -0.15) is 5.10 Å². The Morgan fingerprint density at radius 2 is 2.21 bits per heavy atom. The van der Waals surface area contributed by atoms with Crippen LogP contribution in [0.4, 0.5) is 4.39 Å². The third-order valence-electron chi connectivity index (χ3n) is 3.59. The van der Waals surface area contributed by atoms with Gasteiger partial charge in [-0.25, -0.2) is 13.9 Å². The van der Waals surface area contributed by atoms with E-state index in [2.05, 4.69) is 15.4 Å². The van der Waals surface area contributed by atoms with Crippen LogP contribution in [0.25, 0.3) is 5.65 Å². The summed E-state index contributed by atoms with van der Waals surface area (Å²) in [5, 5.41) is 7.22. The number of carbonyl (C=O) groups excluding carboxylic acids is 1. The van der Waals surface area contributed by atoms with E-state index in [0.717, 1.165) is 35.8 Å². The quantitative estimate of drug-likeness (QED) is 0.722. The van der Waals surface area contributed by atoms with Crippen molar-refractivity contribution < 1.29 is 9.18 Å². The predicted molar refractivity (Wildman–Crippen MR) is 89.8 cm³/mol. The van der Waals surface area contributed by atoms with Gasteiger partial charge in [0, 0.05) is 25.0 Å². The lowest BCUT2D eigenvalue weighted by Gasteiger charge is -2.07. The Morgan fingerprint density at radius 3 is 3.00 bits per heavy atom. The Hall–Kier alpha value is -2.47. The summed E-state index contributed by atoms with van der Waals surface area (Å²) in [4.78, 5) is 16.4. The van der Waals surface area contributed by atoms with Gasteiger partial charge in [0.1, 0.15) is 5.82 Å². The third-order valence-corrected chi connectivity index (χ3v) is 3.91. The number of aryl methyl sites for hydroxylation is 2.